The van der Waals surface area contributed by atoms with Crippen LogP contribution >= 0.6 is 11.6 Å². The monoisotopic (exact) mass is 285 g/mol. The van der Waals surface area contributed by atoms with Gasteiger partial charge in [0.05, 0.1) is 23.0 Å². The summed E-state index contributed by atoms with van der Waals surface area (Å²) >= 11 is 6.21. The molecule has 1 unspecified atom stereocenters. The predicted molar refractivity (Wildman–Crippen MR) is 68.8 cm³/mol. The van der Waals surface area contributed by atoms with Gasteiger partial charge in [-0.3, -0.25) is 9.48 Å². The lowest BCUT2D eigenvalue weighted by Crippen LogP contribution is -2.38. The summed E-state index contributed by atoms with van der Waals surface area (Å²) < 4.78 is 1.62. The highest BCUT2D eigenvalue weighted by molar-refractivity contribution is 6.31. The second-order valence-electron chi connectivity index (χ2n) is 4.60. The third-order valence-electron chi connectivity index (χ3n) is 3.44. The summed E-state index contributed by atoms with van der Waals surface area (Å²) in [4.78, 5) is 24.3. The molecule has 2 rings (SSSR count). The first kappa shape index (κ1) is 13.9. The highest BCUT2D eigenvalue weighted by atomic mass is 35.5. The molecule has 6 nitrogen and oxygen atoms in total. The Hall–Kier alpha value is -1.56. The van der Waals surface area contributed by atoms with Crippen molar-refractivity contribution in [2.75, 3.05) is 0 Å². The second kappa shape index (κ2) is 5.21. The van der Waals surface area contributed by atoms with Gasteiger partial charge in [0, 0.05) is 13.5 Å². The SMILES string of the molecule is CCc1nn(C)c(CN2C(=O)CCC2C(=O)O)c1Cl. The van der Waals surface area contributed by atoms with Gasteiger partial charge in [-0.2, -0.15) is 5.10 Å². The van der Waals surface area contributed by atoms with E-state index in [0.717, 1.165) is 5.69 Å². The van der Waals surface area contributed by atoms with E-state index in [1.165, 1.54) is 4.90 Å². The summed E-state index contributed by atoms with van der Waals surface area (Å²) in [6.07, 6.45) is 1.32. The average Bonchev–Trinajstić information content (AvgIpc) is 2.85. The number of aryl methyl sites for hydroxylation is 2. The molecular formula is C12H16ClN3O3. The van der Waals surface area contributed by atoms with E-state index in [2.05, 4.69) is 5.10 Å². The molecule has 1 saturated heterocycles. The standard InChI is InChI=1S/C12H16ClN3O3/c1-3-7-11(13)9(15(2)14-7)6-16-8(12(18)19)4-5-10(16)17/h8H,3-6H2,1-2H3,(H,18,19). The summed E-state index contributed by atoms with van der Waals surface area (Å²) in [7, 11) is 1.75. The van der Waals surface area contributed by atoms with Gasteiger partial charge in [-0.15, -0.1) is 0 Å². The Bertz CT molecular complexity index is 527. The Morgan fingerprint density at radius 1 is 1.58 bits per heavy atom. The zero-order chi connectivity index (χ0) is 14.2. The quantitative estimate of drug-likeness (QED) is 0.902. The number of hydrogen-bond acceptors (Lipinski definition) is 3. The van der Waals surface area contributed by atoms with E-state index in [9.17, 15) is 9.59 Å². The Labute approximate surface area is 115 Å². The topological polar surface area (TPSA) is 75.4 Å². The zero-order valence-corrected chi connectivity index (χ0v) is 11.6. The molecule has 0 aromatic carbocycles. The lowest BCUT2D eigenvalue weighted by molar-refractivity contribution is -0.146. The number of carboxylic acids is 1. The van der Waals surface area contributed by atoms with Crippen LogP contribution in [0.4, 0.5) is 0 Å². The highest BCUT2D eigenvalue weighted by Crippen LogP contribution is 2.26. The first-order valence-electron chi connectivity index (χ1n) is 6.18. The van der Waals surface area contributed by atoms with Gasteiger partial charge in [-0.05, 0) is 12.8 Å². The van der Waals surface area contributed by atoms with Crippen molar-refractivity contribution in [1.29, 1.82) is 0 Å². The number of halogens is 1. The smallest absolute Gasteiger partial charge is 0.326 e. The van der Waals surface area contributed by atoms with Crippen molar-refractivity contribution in [2.24, 2.45) is 7.05 Å². The molecule has 0 spiro atoms. The van der Waals surface area contributed by atoms with Crippen molar-refractivity contribution in [2.45, 2.75) is 38.8 Å². The lowest BCUT2D eigenvalue weighted by atomic mass is 10.2. The van der Waals surface area contributed by atoms with Crippen LogP contribution in [0.5, 0.6) is 0 Å². The minimum absolute atomic E-state index is 0.150. The molecule has 1 aliphatic rings. The summed E-state index contributed by atoms with van der Waals surface area (Å²) in [5, 5.41) is 13.9. The van der Waals surface area contributed by atoms with Gasteiger partial charge >= 0.3 is 5.97 Å². The van der Waals surface area contributed by atoms with E-state index in [-0.39, 0.29) is 18.9 Å². The molecule has 1 N–H and O–H groups in total. The van der Waals surface area contributed by atoms with Crippen LogP contribution in [0.2, 0.25) is 5.02 Å². The van der Waals surface area contributed by atoms with Crippen LogP contribution in [-0.2, 0) is 29.6 Å². The molecule has 0 radical (unpaired) electrons. The predicted octanol–water partition coefficient (Wildman–Crippen LogP) is 1.21. The highest BCUT2D eigenvalue weighted by Gasteiger charge is 2.36. The number of amides is 1. The number of nitrogens with zero attached hydrogens (tertiary/aromatic N) is 3. The number of hydrogen-bond donors (Lipinski definition) is 1. The van der Waals surface area contributed by atoms with E-state index < -0.39 is 12.0 Å². The van der Waals surface area contributed by atoms with Crippen molar-refractivity contribution in [1.82, 2.24) is 14.7 Å². The van der Waals surface area contributed by atoms with E-state index in [1.807, 2.05) is 6.92 Å². The van der Waals surface area contributed by atoms with Crippen molar-refractivity contribution in [3.63, 3.8) is 0 Å². The summed E-state index contributed by atoms with van der Waals surface area (Å²) in [6, 6.07) is -0.761. The van der Waals surface area contributed by atoms with Gasteiger partial charge in [0.2, 0.25) is 5.91 Å². The van der Waals surface area contributed by atoms with E-state index in [0.29, 0.717) is 23.6 Å². The summed E-state index contributed by atoms with van der Waals surface area (Å²) in [5.41, 5.74) is 1.44. The number of rotatable bonds is 4. The molecule has 0 bridgehead atoms. The van der Waals surface area contributed by atoms with Crippen LogP contribution in [0, 0.1) is 0 Å². The third kappa shape index (κ3) is 2.45. The molecule has 7 heteroatoms. The van der Waals surface area contributed by atoms with Crippen LogP contribution in [-0.4, -0.2) is 37.7 Å². The number of likely N-dealkylation sites (tertiary alicyclic amines) is 1. The van der Waals surface area contributed by atoms with Gasteiger partial charge in [0.25, 0.3) is 0 Å². The first-order chi connectivity index (χ1) is 8.95. The number of carbonyl (C=O) groups is 2. The fourth-order valence-electron chi connectivity index (χ4n) is 2.34. The maximum atomic E-state index is 11.8. The van der Waals surface area contributed by atoms with E-state index >= 15 is 0 Å². The number of aromatic nitrogens is 2. The average molecular weight is 286 g/mol. The van der Waals surface area contributed by atoms with Gasteiger partial charge in [0.15, 0.2) is 0 Å². The molecule has 1 fully saturated rings. The van der Waals surface area contributed by atoms with Gasteiger partial charge in [0.1, 0.15) is 6.04 Å². The van der Waals surface area contributed by atoms with Crippen LogP contribution < -0.4 is 0 Å². The van der Waals surface area contributed by atoms with Crippen LogP contribution in [0.1, 0.15) is 31.2 Å². The van der Waals surface area contributed by atoms with Crippen molar-refractivity contribution in [3.05, 3.63) is 16.4 Å². The van der Waals surface area contributed by atoms with E-state index in [4.69, 9.17) is 16.7 Å². The molecule has 19 heavy (non-hydrogen) atoms. The minimum Gasteiger partial charge on any atom is -0.480 e. The van der Waals surface area contributed by atoms with E-state index in [1.54, 1.807) is 11.7 Å². The van der Waals surface area contributed by atoms with Crippen molar-refractivity contribution in [3.8, 4) is 0 Å². The molecular weight excluding hydrogens is 270 g/mol. The zero-order valence-electron chi connectivity index (χ0n) is 10.9. The minimum atomic E-state index is -0.972. The van der Waals surface area contributed by atoms with Crippen LogP contribution in [0.15, 0.2) is 0 Å². The van der Waals surface area contributed by atoms with Crippen LogP contribution in [0.3, 0.4) is 0 Å². The molecule has 1 atom stereocenters. The Kier molecular flexibility index (Phi) is 3.80. The molecule has 1 aromatic heterocycles. The maximum absolute atomic E-state index is 11.8. The molecule has 1 amide bonds. The van der Waals surface area contributed by atoms with Crippen molar-refractivity contribution >= 4 is 23.5 Å². The first-order valence-corrected chi connectivity index (χ1v) is 6.56. The normalized spacial score (nSPS) is 19.2. The maximum Gasteiger partial charge on any atom is 0.326 e. The molecule has 0 saturated carbocycles. The molecule has 1 aliphatic heterocycles. The largest absolute Gasteiger partial charge is 0.480 e. The lowest BCUT2D eigenvalue weighted by Gasteiger charge is -2.21. The number of carbonyl (C=O) groups excluding carboxylic acids is 1. The summed E-state index contributed by atoms with van der Waals surface area (Å²) in [5.74, 6) is -1.12. The van der Waals surface area contributed by atoms with Gasteiger partial charge in [-0.25, -0.2) is 4.79 Å². The molecule has 104 valence electrons. The Morgan fingerprint density at radius 3 is 2.79 bits per heavy atom. The summed E-state index contributed by atoms with van der Waals surface area (Å²) in [6.45, 7) is 2.14. The Balaban J connectivity index is 2.27. The number of aliphatic carboxylic acids is 1. The van der Waals surface area contributed by atoms with Crippen LogP contribution in [0.25, 0.3) is 0 Å². The fourth-order valence-corrected chi connectivity index (χ4v) is 2.70. The van der Waals surface area contributed by atoms with Crippen molar-refractivity contribution < 1.29 is 14.7 Å². The molecule has 1 aromatic rings. The number of carboxylic acid groups (broad SMARTS) is 1. The fraction of sp³-hybridized carbons (Fsp3) is 0.583. The van der Waals surface area contributed by atoms with Gasteiger partial charge in [-0.1, -0.05) is 18.5 Å². The van der Waals surface area contributed by atoms with Gasteiger partial charge < -0.3 is 10.0 Å². The molecule has 0 aliphatic carbocycles. The second-order valence-corrected chi connectivity index (χ2v) is 4.98. The third-order valence-corrected chi connectivity index (χ3v) is 3.87. The Morgan fingerprint density at radius 2 is 2.26 bits per heavy atom. The molecule has 2 heterocycles.